The minimum absolute atomic E-state index is 0.189. The van der Waals surface area contributed by atoms with Crippen molar-refractivity contribution in [1.82, 2.24) is 4.90 Å². The molecular weight excluding hydrogens is 398 g/mol. The third-order valence-corrected chi connectivity index (χ3v) is 5.24. The summed E-state index contributed by atoms with van der Waals surface area (Å²) in [5.41, 5.74) is 3.09. The Morgan fingerprint density at radius 1 is 1.13 bits per heavy atom. The molecule has 2 aliphatic heterocycles. The normalized spacial score (nSPS) is 20.7. The van der Waals surface area contributed by atoms with Gasteiger partial charge in [0, 0.05) is 24.1 Å². The van der Waals surface area contributed by atoms with E-state index < -0.39 is 11.8 Å². The first-order valence-electron chi connectivity index (χ1n) is 9.97. The highest BCUT2D eigenvalue weighted by Gasteiger charge is 2.49. The fraction of sp³-hybridized carbons (Fsp3) is 0.292. The van der Waals surface area contributed by atoms with Crippen molar-refractivity contribution in [3.8, 4) is 5.75 Å². The van der Waals surface area contributed by atoms with Crippen molar-refractivity contribution in [2.45, 2.75) is 18.8 Å². The van der Waals surface area contributed by atoms with E-state index in [4.69, 9.17) is 19.2 Å². The van der Waals surface area contributed by atoms with Crippen molar-refractivity contribution in [3.05, 3.63) is 88.2 Å². The van der Waals surface area contributed by atoms with Crippen LogP contribution in [0.3, 0.4) is 0 Å². The number of esters is 1. The van der Waals surface area contributed by atoms with Gasteiger partial charge in [0.15, 0.2) is 5.76 Å². The molecule has 0 amide bonds. The van der Waals surface area contributed by atoms with Crippen LogP contribution in [0.15, 0.2) is 71.5 Å². The first kappa shape index (κ1) is 21.1. The molecular formula is C24H25NO6. The van der Waals surface area contributed by atoms with Gasteiger partial charge in [0.2, 0.25) is 0 Å². The molecule has 162 valence electrons. The zero-order chi connectivity index (χ0) is 22.0. The second-order valence-corrected chi connectivity index (χ2v) is 7.79. The predicted octanol–water partition coefficient (Wildman–Crippen LogP) is 2.84. The van der Waals surface area contributed by atoms with Gasteiger partial charge < -0.3 is 24.4 Å². The van der Waals surface area contributed by atoms with Crippen LogP contribution in [0.5, 0.6) is 5.75 Å². The van der Waals surface area contributed by atoms with Crippen molar-refractivity contribution < 1.29 is 29.1 Å². The fourth-order valence-corrected chi connectivity index (χ4v) is 3.84. The van der Waals surface area contributed by atoms with Crippen molar-refractivity contribution >= 4 is 5.97 Å². The summed E-state index contributed by atoms with van der Waals surface area (Å²) in [6.45, 7) is 0.999. The zero-order valence-electron chi connectivity index (χ0n) is 17.8. The first-order valence-corrected chi connectivity index (χ1v) is 9.97. The van der Waals surface area contributed by atoms with E-state index in [1.165, 1.54) is 0 Å². The fourth-order valence-electron chi connectivity index (χ4n) is 3.84. The van der Waals surface area contributed by atoms with Crippen LogP contribution in [-0.4, -0.2) is 43.8 Å². The Morgan fingerprint density at radius 3 is 2.52 bits per heavy atom. The Labute approximate surface area is 181 Å². The van der Waals surface area contributed by atoms with E-state index in [-0.39, 0.29) is 17.9 Å². The lowest BCUT2D eigenvalue weighted by Crippen LogP contribution is -2.29. The van der Waals surface area contributed by atoms with Gasteiger partial charge in [0.05, 0.1) is 7.11 Å². The number of hydrogen-bond donors (Lipinski definition) is 1. The average Bonchev–Trinajstić information content (AvgIpc) is 3.35. The summed E-state index contributed by atoms with van der Waals surface area (Å²) in [6.07, 6.45) is 1.95. The van der Waals surface area contributed by atoms with Crippen LogP contribution in [-0.2, 0) is 38.1 Å². The van der Waals surface area contributed by atoms with Gasteiger partial charge in [0.1, 0.15) is 17.9 Å². The number of ether oxygens (including phenoxy) is 2. The van der Waals surface area contributed by atoms with Gasteiger partial charge in [-0.25, -0.2) is 4.79 Å². The van der Waals surface area contributed by atoms with Gasteiger partial charge in [0.25, 0.3) is 5.79 Å². The molecule has 0 saturated carbocycles. The molecule has 2 aromatic rings. The largest absolute Gasteiger partial charge is 0.497 e. The van der Waals surface area contributed by atoms with Crippen molar-refractivity contribution in [2.75, 3.05) is 27.8 Å². The van der Waals surface area contributed by atoms with Crippen LogP contribution in [0.4, 0.5) is 0 Å². The van der Waals surface area contributed by atoms with E-state index in [0.717, 1.165) is 17.7 Å². The van der Waals surface area contributed by atoms with Crippen molar-refractivity contribution in [3.63, 3.8) is 0 Å². The molecule has 2 heterocycles. The molecule has 0 fully saturated rings. The Balaban J connectivity index is 1.78. The maximum absolute atomic E-state index is 12.8. The van der Waals surface area contributed by atoms with Crippen LogP contribution in [0.25, 0.3) is 0 Å². The molecule has 7 heteroatoms. The predicted molar refractivity (Wildman–Crippen MR) is 113 cm³/mol. The standard InChI is InChI=1S/C24H25NO6/c1-25(2)15-17-6-4-5-16(13-17)14-20-22(21-11-12-29-31-21)23(26)30-24(20,27)18-7-9-19(28-3)10-8-18/h4-11,13,27H,12,14-15H2,1-3H3. The Hall–Kier alpha value is -3.13. The number of aliphatic hydroxyl groups is 1. The first-order chi connectivity index (χ1) is 14.9. The van der Waals surface area contributed by atoms with Crippen LogP contribution in [0.2, 0.25) is 0 Å². The minimum Gasteiger partial charge on any atom is -0.497 e. The van der Waals surface area contributed by atoms with Gasteiger partial charge >= 0.3 is 5.97 Å². The summed E-state index contributed by atoms with van der Waals surface area (Å²) >= 11 is 0. The number of methoxy groups -OCH3 is 1. The number of nitrogens with zero attached hydrogens (tertiary/aromatic N) is 1. The summed E-state index contributed by atoms with van der Waals surface area (Å²) in [4.78, 5) is 25.0. The summed E-state index contributed by atoms with van der Waals surface area (Å²) in [6, 6.07) is 14.8. The van der Waals surface area contributed by atoms with E-state index in [1.54, 1.807) is 37.5 Å². The number of benzene rings is 2. The number of rotatable bonds is 7. The van der Waals surface area contributed by atoms with Gasteiger partial charge in [-0.15, -0.1) is 0 Å². The summed E-state index contributed by atoms with van der Waals surface area (Å²) in [7, 11) is 5.57. The lowest BCUT2D eigenvalue weighted by molar-refractivity contribution is -0.231. The van der Waals surface area contributed by atoms with Gasteiger partial charge in [-0.2, -0.15) is 4.89 Å². The SMILES string of the molecule is COc1ccc(C2(O)OC(=O)C(C3=CCOO3)=C2Cc2cccc(CN(C)C)c2)cc1. The smallest absolute Gasteiger partial charge is 0.345 e. The number of cyclic esters (lactones) is 1. The highest BCUT2D eigenvalue weighted by molar-refractivity contribution is 5.97. The highest BCUT2D eigenvalue weighted by Crippen LogP contribution is 2.44. The number of carbonyl (C=O) groups excluding carboxylic acids is 1. The maximum atomic E-state index is 12.8. The zero-order valence-corrected chi connectivity index (χ0v) is 17.8. The molecule has 2 aromatic carbocycles. The molecule has 31 heavy (non-hydrogen) atoms. The third kappa shape index (κ3) is 4.20. The van der Waals surface area contributed by atoms with E-state index in [0.29, 0.717) is 23.3 Å². The molecule has 0 radical (unpaired) electrons. The van der Waals surface area contributed by atoms with E-state index in [9.17, 15) is 9.90 Å². The molecule has 2 aliphatic rings. The second-order valence-electron chi connectivity index (χ2n) is 7.79. The Morgan fingerprint density at radius 2 is 1.87 bits per heavy atom. The molecule has 1 atom stereocenters. The van der Waals surface area contributed by atoms with Crippen molar-refractivity contribution in [2.24, 2.45) is 0 Å². The molecule has 1 N–H and O–H groups in total. The summed E-state index contributed by atoms with van der Waals surface area (Å²) in [5.74, 6) is -1.69. The third-order valence-electron chi connectivity index (χ3n) is 5.24. The van der Waals surface area contributed by atoms with Crippen LogP contribution >= 0.6 is 0 Å². The molecule has 1 unspecified atom stereocenters. The molecule has 7 nitrogen and oxygen atoms in total. The Bertz CT molecular complexity index is 1040. The lowest BCUT2D eigenvalue weighted by Gasteiger charge is -2.26. The van der Waals surface area contributed by atoms with Crippen LogP contribution in [0.1, 0.15) is 16.7 Å². The molecule has 4 rings (SSSR count). The van der Waals surface area contributed by atoms with E-state index in [2.05, 4.69) is 11.0 Å². The maximum Gasteiger partial charge on any atom is 0.345 e. The topological polar surface area (TPSA) is 77.5 Å². The summed E-state index contributed by atoms with van der Waals surface area (Å²) in [5, 5.41) is 11.6. The van der Waals surface area contributed by atoms with Gasteiger partial charge in [-0.3, -0.25) is 0 Å². The van der Waals surface area contributed by atoms with Crippen LogP contribution in [0, 0.1) is 0 Å². The van der Waals surface area contributed by atoms with Gasteiger partial charge in [-0.1, -0.05) is 24.3 Å². The molecule has 0 aromatic heterocycles. The Kier molecular flexibility index (Phi) is 5.82. The molecule has 0 aliphatic carbocycles. The molecule has 0 bridgehead atoms. The van der Waals surface area contributed by atoms with E-state index >= 15 is 0 Å². The quantitative estimate of drug-likeness (QED) is 0.542. The monoisotopic (exact) mass is 423 g/mol. The molecule has 0 saturated heterocycles. The average molecular weight is 423 g/mol. The van der Waals surface area contributed by atoms with Gasteiger partial charge in [-0.05, 0) is 55.6 Å². The summed E-state index contributed by atoms with van der Waals surface area (Å²) < 4.78 is 10.7. The van der Waals surface area contributed by atoms with Crippen LogP contribution < -0.4 is 4.74 Å². The van der Waals surface area contributed by atoms with Crippen molar-refractivity contribution in [1.29, 1.82) is 0 Å². The number of hydrogen-bond acceptors (Lipinski definition) is 7. The highest BCUT2D eigenvalue weighted by atomic mass is 17.2. The minimum atomic E-state index is -1.93. The van der Waals surface area contributed by atoms with E-state index in [1.807, 2.05) is 32.3 Å². The molecule has 0 spiro atoms. The second kappa shape index (κ2) is 8.55. The number of carbonyl (C=O) groups is 1. The lowest BCUT2D eigenvalue weighted by atomic mass is 9.89.